The van der Waals surface area contributed by atoms with E-state index < -0.39 is 11.3 Å². The number of anilines is 2. The van der Waals surface area contributed by atoms with Crippen LogP contribution in [-0.2, 0) is 11.2 Å². The summed E-state index contributed by atoms with van der Waals surface area (Å²) in [5.41, 5.74) is 2.20. The lowest BCUT2D eigenvalue weighted by molar-refractivity contribution is -0.119. The predicted molar refractivity (Wildman–Crippen MR) is 96.9 cm³/mol. The molecule has 128 valence electrons. The first-order valence-electron chi connectivity index (χ1n) is 7.40. The minimum atomic E-state index is -0.525. The lowest BCUT2D eigenvalue weighted by atomic mass is 10.1. The molecule has 0 fully saturated rings. The maximum atomic E-state index is 11.8. The third-order valence-corrected chi connectivity index (χ3v) is 5.15. The predicted octanol–water partition coefficient (Wildman–Crippen LogP) is 2.78. The number of benzene rings is 1. The minimum Gasteiger partial charge on any atom is -0.341 e. The van der Waals surface area contributed by atoms with E-state index in [1.165, 1.54) is 35.7 Å². The zero-order chi connectivity index (χ0) is 17.5. The van der Waals surface area contributed by atoms with Crippen LogP contribution < -0.4 is 16.0 Å². The molecule has 3 N–H and O–H groups in total. The van der Waals surface area contributed by atoms with Gasteiger partial charge in [0.15, 0.2) is 4.34 Å². The second-order valence-corrected chi connectivity index (χ2v) is 7.44. The molecule has 1 heterocycles. The second-order valence-electron chi connectivity index (χ2n) is 4.88. The zero-order valence-electron chi connectivity index (χ0n) is 13.6. The fraction of sp³-hybridized carbons (Fsp3) is 0.333. The number of aromatic nitrogens is 2. The van der Waals surface area contributed by atoms with Gasteiger partial charge in [0.2, 0.25) is 11.0 Å². The summed E-state index contributed by atoms with van der Waals surface area (Å²) in [4.78, 5) is 23.0. The number of nitrogens with one attached hydrogen (secondary N) is 3. The molecule has 7 nitrogen and oxygen atoms in total. The van der Waals surface area contributed by atoms with Gasteiger partial charge in [-0.05, 0) is 31.0 Å². The molecule has 0 aliphatic rings. The molecule has 0 aliphatic heterocycles. The van der Waals surface area contributed by atoms with E-state index in [1.54, 1.807) is 6.92 Å². The van der Waals surface area contributed by atoms with E-state index in [2.05, 4.69) is 45.2 Å². The smallest absolute Gasteiger partial charge is 0.321 e. The Hall–Kier alpha value is -2.13. The first kappa shape index (κ1) is 18.2. The number of hydrogen-bond acceptors (Lipinski definition) is 7. The Morgan fingerprint density at radius 2 is 1.96 bits per heavy atom. The van der Waals surface area contributed by atoms with E-state index >= 15 is 0 Å². The molecule has 0 saturated carbocycles. The quantitative estimate of drug-likeness (QED) is 0.681. The van der Waals surface area contributed by atoms with Crippen molar-refractivity contribution in [2.75, 3.05) is 12.4 Å². The summed E-state index contributed by atoms with van der Waals surface area (Å²) in [6.07, 6.45) is 0.996. The first-order valence-corrected chi connectivity index (χ1v) is 9.10. The van der Waals surface area contributed by atoms with Gasteiger partial charge < -0.3 is 10.6 Å². The van der Waals surface area contributed by atoms with Crippen LogP contribution in [0.3, 0.4) is 0 Å². The number of amides is 3. The Bertz CT molecular complexity index is 702. The fourth-order valence-corrected chi connectivity index (χ4v) is 3.65. The molecule has 1 aromatic heterocycles. The Balaban J connectivity index is 1.92. The van der Waals surface area contributed by atoms with E-state index in [-0.39, 0.29) is 5.91 Å². The number of carbonyl (C=O) groups excluding carboxylic acids is 2. The Labute approximate surface area is 148 Å². The van der Waals surface area contributed by atoms with Gasteiger partial charge in [0.25, 0.3) is 0 Å². The van der Waals surface area contributed by atoms with Gasteiger partial charge in [-0.2, -0.15) is 0 Å². The van der Waals surface area contributed by atoms with Crippen LogP contribution in [0.15, 0.2) is 28.6 Å². The molecular weight excluding hydrogens is 346 g/mol. The summed E-state index contributed by atoms with van der Waals surface area (Å²) < 4.78 is 0.655. The maximum absolute atomic E-state index is 11.8. The summed E-state index contributed by atoms with van der Waals surface area (Å²) in [6.45, 7) is 3.82. The first-order chi connectivity index (χ1) is 11.5. The van der Waals surface area contributed by atoms with Crippen LogP contribution in [0.5, 0.6) is 0 Å². The van der Waals surface area contributed by atoms with Gasteiger partial charge in [-0.1, -0.05) is 42.2 Å². The normalized spacial score (nSPS) is 11.6. The monoisotopic (exact) mass is 365 g/mol. The molecule has 0 aliphatic carbocycles. The van der Waals surface area contributed by atoms with Crippen LogP contribution in [0, 0.1) is 0 Å². The lowest BCUT2D eigenvalue weighted by Crippen LogP contribution is -2.41. The van der Waals surface area contributed by atoms with Crippen molar-refractivity contribution in [3.63, 3.8) is 0 Å². The van der Waals surface area contributed by atoms with Gasteiger partial charge in [-0.3, -0.25) is 10.1 Å². The van der Waals surface area contributed by atoms with Gasteiger partial charge in [-0.15, -0.1) is 10.2 Å². The van der Waals surface area contributed by atoms with Gasteiger partial charge in [-0.25, -0.2) is 4.79 Å². The van der Waals surface area contributed by atoms with E-state index in [0.717, 1.165) is 12.1 Å². The van der Waals surface area contributed by atoms with E-state index in [0.29, 0.717) is 9.47 Å². The summed E-state index contributed by atoms with van der Waals surface area (Å²) in [5, 5.41) is 16.1. The van der Waals surface area contributed by atoms with Crippen LogP contribution >= 0.6 is 23.1 Å². The molecule has 1 atom stereocenters. The number of aryl methyl sites for hydroxylation is 1. The highest BCUT2D eigenvalue weighted by molar-refractivity contribution is 8.02. The number of urea groups is 1. The Morgan fingerprint density at radius 3 is 2.58 bits per heavy atom. The highest BCUT2D eigenvalue weighted by Gasteiger charge is 2.18. The molecular formula is C15H19N5O2S2. The number of thioether (sulfide) groups is 1. The van der Waals surface area contributed by atoms with Gasteiger partial charge in [0, 0.05) is 12.7 Å². The van der Waals surface area contributed by atoms with Gasteiger partial charge in [0.1, 0.15) is 0 Å². The van der Waals surface area contributed by atoms with E-state index in [9.17, 15) is 9.59 Å². The van der Waals surface area contributed by atoms with Crippen LogP contribution in [0.25, 0.3) is 0 Å². The van der Waals surface area contributed by atoms with Crippen LogP contribution in [0.1, 0.15) is 19.4 Å². The number of nitrogens with zero attached hydrogens (tertiary/aromatic N) is 2. The summed E-state index contributed by atoms with van der Waals surface area (Å²) in [6, 6.07) is 7.58. The molecule has 2 aromatic rings. The van der Waals surface area contributed by atoms with Crippen molar-refractivity contribution in [3.05, 3.63) is 29.8 Å². The molecule has 3 amide bonds. The summed E-state index contributed by atoms with van der Waals surface area (Å²) in [5.74, 6) is -0.376. The van der Waals surface area contributed by atoms with Gasteiger partial charge in [0.05, 0.1) is 5.25 Å². The Morgan fingerprint density at radius 1 is 1.25 bits per heavy atom. The Kier molecular flexibility index (Phi) is 6.56. The number of rotatable bonds is 6. The lowest BCUT2D eigenvalue weighted by Gasteiger charge is -2.08. The van der Waals surface area contributed by atoms with Crippen molar-refractivity contribution in [2.45, 2.75) is 29.9 Å². The highest BCUT2D eigenvalue weighted by atomic mass is 32.2. The van der Waals surface area contributed by atoms with Crippen molar-refractivity contribution in [1.82, 2.24) is 20.8 Å². The maximum Gasteiger partial charge on any atom is 0.321 e. The minimum absolute atomic E-state index is 0.376. The van der Waals surface area contributed by atoms with Crippen molar-refractivity contribution < 1.29 is 9.59 Å². The summed E-state index contributed by atoms with van der Waals surface area (Å²) >= 11 is 2.61. The van der Waals surface area contributed by atoms with Crippen molar-refractivity contribution in [3.8, 4) is 0 Å². The van der Waals surface area contributed by atoms with E-state index in [4.69, 9.17) is 0 Å². The van der Waals surface area contributed by atoms with E-state index in [1.807, 2.05) is 12.1 Å². The van der Waals surface area contributed by atoms with Crippen molar-refractivity contribution in [1.29, 1.82) is 0 Å². The van der Waals surface area contributed by atoms with Crippen LogP contribution in [-0.4, -0.2) is 34.4 Å². The molecule has 0 radical (unpaired) electrons. The molecule has 2 rings (SSSR count). The number of hydrogen-bond donors (Lipinski definition) is 3. The summed E-state index contributed by atoms with van der Waals surface area (Å²) in [7, 11) is 1.45. The molecule has 0 bridgehead atoms. The average molecular weight is 365 g/mol. The highest BCUT2D eigenvalue weighted by Crippen LogP contribution is 2.30. The zero-order valence-corrected chi connectivity index (χ0v) is 15.3. The molecule has 24 heavy (non-hydrogen) atoms. The van der Waals surface area contributed by atoms with Crippen LogP contribution in [0.2, 0.25) is 0 Å². The third-order valence-electron chi connectivity index (χ3n) is 3.13. The fourth-order valence-electron chi connectivity index (χ4n) is 1.74. The average Bonchev–Trinajstić information content (AvgIpc) is 3.02. The van der Waals surface area contributed by atoms with Crippen molar-refractivity contribution in [2.24, 2.45) is 0 Å². The van der Waals surface area contributed by atoms with Crippen LogP contribution in [0.4, 0.5) is 15.6 Å². The molecule has 0 spiro atoms. The topological polar surface area (TPSA) is 96.0 Å². The largest absolute Gasteiger partial charge is 0.341 e. The van der Waals surface area contributed by atoms with Gasteiger partial charge >= 0.3 is 6.03 Å². The standard InChI is InChI=1S/C15H19N5O2S2/c1-4-10-5-7-11(8-6-10)17-14-19-20-15(24-14)23-9(2)12(21)18-13(22)16-3/h5-9H,4H2,1-3H3,(H,17,19)(H2,16,18,21,22). The molecule has 1 aromatic carbocycles. The van der Waals surface area contributed by atoms with Crippen molar-refractivity contribution >= 4 is 45.9 Å². The molecule has 9 heteroatoms. The SMILES string of the molecule is CCc1ccc(Nc2nnc(SC(C)C(=O)NC(=O)NC)s2)cc1. The number of imide groups is 1. The molecule has 1 unspecified atom stereocenters. The molecule has 0 saturated heterocycles. The third kappa shape index (κ3) is 5.20. The number of carbonyl (C=O) groups is 2. The second kappa shape index (κ2) is 8.65.